The first-order valence-electron chi connectivity index (χ1n) is 18.7. The molecule has 0 aliphatic heterocycles. The molecule has 11 aromatic rings. The second-order valence-corrected chi connectivity index (χ2v) is 14.0. The quantitative estimate of drug-likeness (QED) is 0.171. The van der Waals surface area contributed by atoms with Crippen molar-refractivity contribution in [1.29, 1.82) is 0 Å². The van der Waals surface area contributed by atoms with Crippen LogP contribution in [0, 0.1) is 0 Å². The summed E-state index contributed by atoms with van der Waals surface area (Å²) < 4.78 is 13.1. The number of furan rings is 2. The van der Waals surface area contributed by atoms with Gasteiger partial charge in [-0.25, -0.2) is 15.0 Å². The predicted molar refractivity (Wildman–Crippen MR) is 227 cm³/mol. The first kappa shape index (κ1) is 31.9. The minimum absolute atomic E-state index is 0.580. The van der Waals surface area contributed by atoms with Crippen molar-refractivity contribution >= 4 is 43.9 Å². The Morgan fingerprint density at radius 3 is 1.36 bits per heavy atom. The Hall–Kier alpha value is -7.63. The zero-order valence-electron chi connectivity index (χ0n) is 30.1. The zero-order chi connectivity index (χ0) is 37.0. The Labute approximate surface area is 322 Å². The van der Waals surface area contributed by atoms with Crippen molar-refractivity contribution in [2.45, 2.75) is 0 Å². The van der Waals surface area contributed by atoms with E-state index >= 15 is 0 Å². The molecule has 0 spiro atoms. The Kier molecular flexibility index (Phi) is 7.42. The van der Waals surface area contributed by atoms with E-state index in [-0.39, 0.29) is 0 Å². The van der Waals surface area contributed by atoms with Gasteiger partial charge in [0.25, 0.3) is 0 Å². The normalized spacial score (nSPS) is 11.6. The van der Waals surface area contributed by atoms with E-state index in [1.807, 2.05) is 60.7 Å². The van der Waals surface area contributed by atoms with Crippen LogP contribution in [0.4, 0.5) is 0 Å². The van der Waals surface area contributed by atoms with Crippen molar-refractivity contribution in [1.82, 2.24) is 15.0 Å². The third-order valence-electron chi connectivity index (χ3n) is 10.5. The number of nitrogens with zero attached hydrogens (tertiary/aromatic N) is 3. The van der Waals surface area contributed by atoms with Crippen LogP contribution >= 0.6 is 0 Å². The van der Waals surface area contributed by atoms with Gasteiger partial charge in [0.15, 0.2) is 17.5 Å². The highest BCUT2D eigenvalue weighted by atomic mass is 16.3. The second-order valence-electron chi connectivity index (χ2n) is 14.0. The van der Waals surface area contributed by atoms with Crippen LogP contribution in [0.25, 0.3) is 111 Å². The van der Waals surface area contributed by atoms with Gasteiger partial charge in [0.1, 0.15) is 22.3 Å². The summed E-state index contributed by atoms with van der Waals surface area (Å²) in [5, 5.41) is 4.25. The lowest BCUT2D eigenvalue weighted by molar-refractivity contribution is 0.668. The maximum atomic E-state index is 6.66. The molecular weight excluding hydrogens is 687 g/mol. The van der Waals surface area contributed by atoms with Gasteiger partial charge in [-0.1, -0.05) is 146 Å². The van der Waals surface area contributed by atoms with E-state index in [9.17, 15) is 0 Å². The molecule has 0 radical (unpaired) electrons. The highest BCUT2D eigenvalue weighted by Gasteiger charge is 2.18. The molecule has 3 heterocycles. The summed E-state index contributed by atoms with van der Waals surface area (Å²) in [7, 11) is 0. The van der Waals surface area contributed by atoms with Crippen LogP contribution in [0.3, 0.4) is 0 Å². The molecule has 0 aliphatic carbocycles. The summed E-state index contributed by atoms with van der Waals surface area (Å²) in [5.74, 6) is 1.80. The van der Waals surface area contributed by atoms with Gasteiger partial charge in [-0.2, -0.15) is 0 Å². The summed E-state index contributed by atoms with van der Waals surface area (Å²) in [5.41, 5.74) is 12.7. The first-order chi connectivity index (χ1) is 27.7. The minimum Gasteiger partial charge on any atom is -0.456 e. The molecule has 0 unspecified atom stereocenters. The topological polar surface area (TPSA) is 65.0 Å². The van der Waals surface area contributed by atoms with Crippen LogP contribution in [-0.4, -0.2) is 15.0 Å². The van der Waals surface area contributed by atoms with Crippen molar-refractivity contribution in [3.63, 3.8) is 0 Å². The van der Waals surface area contributed by atoms with E-state index < -0.39 is 0 Å². The Morgan fingerprint density at radius 1 is 0.268 bits per heavy atom. The molecule has 5 nitrogen and oxygen atoms in total. The van der Waals surface area contributed by atoms with Gasteiger partial charge in [-0.15, -0.1) is 0 Å². The molecule has 0 saturated carbocycles. The van der Waals surface area contributed by atoms with Crippen LogP contribution in [0.2, 0.25) is 0 Å². The Balaban J connectivity index is 1.03. The lowest BCUT2D eigenvalue weighted by Gasteiger charge is -2.09. The maximum absolute atomic E-state index is 6.66. The Bertz CT molecular complexity index is 3220. The molecule has 3 aromatic heterocycles. The van der Waals surface area contributed by atoms with Crippen molar-refractivity contribution in [3.05, 3.63) is 188 Å². The highest BCUT2D eigenvalue weighted by Crippen LogP contribution is 2.42. The van der Waals surface area contributed by atoms with E-state index in [2.05, 4.69) is 127 Å². The van der Waals surface area contributed by atoms with Crippen LogP contribution in [0.15, 0.2) is 197 Å². The number of rotatable bonds is 6. The van der Waals surface area contributed by atoms with Gasteiger partial charge in [0.05, 0.1) is 0 Å². The van der Waals surface area contributed by atoms with Gasteiger partial charge < -0.3 is 8.83 Å². The predicted octanol–water partition coefficient (Wildman–Crippen LogP) is 13.7. The fourth-order valence-corrected chi connectivity index (χ4v) is 7.76. The zero-order valence-corrected chi connectivity index (χ0v) is 30.1. The van der Waals surface area contributed by atoms with Crippen LogP contribution in [0.1, 0.15) is 0 Å². The molecule has 0 atom stereocenters. The third-order valence-corrected chi connectivity index (χ3v) is 10.5. The third kappa shape index (κ3) is 5.53. The monoisotopic (exact) mass is 717 g/mol. The molecule has 11 rings (SSSR count). The smallest absolute Gasteiger partial charge is 0.164 e. The molecular formula is C51H31N3O2. The molecule has 0 bridgehead atoms. The fraction of sp³-hybridized carbons (Fsp3) is 0. The van der Waals surface area contributed by atoms with Crippen LogP contribution in [-0.2, 0) is 0 Å². The lowest BCUT2D eigenvalue weighted by atomic mass is 9.94. The second kappa shape index (κ2) is 13.0. The van der Waals surface area contributed by atoms with E-state index in [1.54, 1.807) is 0 Å². The molecule has 0 amide bonds. The van der Waals surface area contributed by atoms with E-state index in [4.69, 9.17) is 23.8 Å². The van der Waals surface area contributed by atoms with Crippen molar-refractivity contribution < 1.29 is 8.83 Å². The largest absolute Gasteiger partial charge is 0.456 e. The summed E-state index contributed by atoms with van der Waals surface area (Å²) in [6.07, 6.45) is 0. The SMILES string of the molecule is c1ccc(-c2ccc(-c3nc(-c4ccccc4)nc(-c4ccc5c(c4)oc4cc(-c6cc(-c7ccccc7)cc7oc8ccccc8c67)ccc45)n3)cc2)cc1. The molecule has 0 aliphatic rings. The van der Waals surface area contributed by atoms with Crippen molar-refractivity contribution in [3.8, 4) is 67.5 Å². The molecule has 0 N–H and O–H groups in total. The van der Waals surface area contributed by atoms with E-state index in [1.165, 1.54) is 0 Å². The first-order valence-corrected chi connectivity index (χ1v) is 18.7. The van der Waals surface area contributed by atoms with E-state index in [0.717, 1.165) is 93.9 Å². The summed E-state index contributed by atoms with van der Waals surface area (Å²) in [6.45, 7) is 0. The molecule has 0 saturated heterocycles. The van der Waals surface area contributed by atoms with Crippen molar-refractivity contribution in [2.24, 2.45) is 0 Å². The van der Waals surface area contributed by atoms with E-state index in [0.29, 0.717) is 17.5 Å². The minimum atomic E-state index is 0.580. The maximum Gasteiger partial charge on any atom is 0.164 e. The number of para-hydroxylation sites is 1. The summed E-state index contributed by atoms with van der Waals surface area (Å²) >= 11 is 0. The molecule has 56 heavy (non-hydrogen) atoms. The molecule has 262 valence electrons. The van der Waals surface area contributed by atoms with Crippen LogP contribution < -0.4 is 0 Å². The number of hydrogen-bond donors (Lipinski definition) is 0. The summed E-state index contributed by atoms with van der Waals surface area (Å²) in [4.78, 5) is 15.0. The number of benzene rings is 8. The van der Waals surface area contributed by atoms with Crippen LogP contribution in [0.5, 0.6) is 0 Å². The average molecular weight is 718 g/mol. The lowest BCUT2D eigenvalue weighted by Crippen LogP contribution is -2.00. The van der Waals surface area contributed by atoms with Gasteiger partial charge in [0, 0.05) is 38.2 Å². The van der Waals surface area contributed by atoms with Crippen molar-refractivity contribution in [2.75, 3.05) is 0 Å². The summed E-state index contributed by atoms with van der Waals surface area (Å²) in [6, 6.07) is 64.6. The average Bonchev–Trinajstić information content (AvgIpc) is 3.84. The standard InChI is InChI=1S/C51H31N3O2/c1-4-12-32(13-5-1)34-20-22-36(23-21-34)50-52-49(35-16-8-3-9-17-35)53-51(54-50)38-25-27-41-40-26-24-37(29-45(40)56-46(41)30-38)43-28-39(33-14-6-2-7-15-33)31-47-48(43)42-18-10-11-19-44(42)55-47/h1-31H. The van der Waals surface area contributed by atoms with Gasteiger partial charge >= 0.3 is 0 Å². The van der Waals surface area contributed by atoms with Gasteiger partial charge in [-0.05, 0) is 75.8 Å². The molecule has 5 heteroatoms. The molecule has 0 fully saturated rings. The fourth-order valence-electron chi connectivity index (χ4n) is 7.76. The highest BCUT2D eigenvalue weighted by molar-refractivity contribution is 6.15. The number of fused-ring (bicyclic) bond motifs is 6. The molecule has 8 aromatic carbocycles. The van der Waals surface area contributed by atoms with Gasteiger partial charge in [-0.3, -0.25) is 0 Å². The number of hydrogen-bond acceptors (Lipinski definition) is 5. The van der Waals surface area contributed by atoms with Gasteiger partial charge in [0.2, 0.25) is 0 Å². The Morgan fingerprint density at radius 2 is 0.696 bits per heavy atom. The number of aromatic nitrogens is 3.